The fourth-order valence-electron chi connectivity index (χ4n) is 1.88. The Morgan fingerprint density at radius 3 is 2.74 bits per heavy atom. The van der Waals surface area contributed by atoms with E-state index in [-0.39, 0.29) is 17.3 Å². The quantitative estimate of drug-likeness (QED) is 0.860. The molecule has 1 fully saturated rings. The molecule has 1 atom stereocenters. The van der Waals surface area contributed by atoms with E-state index in [9.17, 15) is 23.1 Å². The van der Waals surface area contributed by atoms with Crippen molar-refractivity contribution in [1.82, 2.24) is 9.88 Å². The molecule has 8 heteroatoms. The van der Waals surface area contributed by atoms with E-state index < -0.39 is 30.7 Å². The van der Waals surface area contributed by atoms with Gasteiger partial charge in [-0.05, 0) is 12.1 Å². The second-order valence-electron chi connectivity index (χ2n) is 4.37. The first kappa shape index (κ1) is 14.1. The number of aliphatic hydroxyl groups is 1. The van der Waals surface area contributed by atoms with Crippen molar-refractivity contribution in [2.75, 3.05) is 13.1 Å². The van der Waals surface area contributed by atoms with Crippen LogP contribution in [-0.2, 0) is 0 Å². The predicted octanol–water partition coefficient (Wildman–Crippen LogP) is 1.87. The van der Waals surface area contributed by atoms with Gasteiger partial charge in [0.25, 0.3) is 5.91 Å². The van der Waals surface area contributed by atoms with Gasteiger partial charge in [0.15, 0.2) is 5.60 Å². The van der Waals surface area contributed by atoms with Crippen LogP contribution in [0.25, 0.3) is 0 Å². The number of nitrogens with zero attached hydrogens (tertiary/aromatic N) is 2. The molecule has 1 amide bonds. The topological polar surface area (TPSA) is 53.4 Å². The molecule has 0 radical (unpaired) electrons. The van der Waals surface area contributed by atoms with E-state index in [0.717, 1.165) is 4.90 Å². The second kappa shape index (κ2) is 4.64. The van der Waals surface area contributed by atoms with E-state index in [0.29, 0.717) is 0 Å². The molecule has 1 N–H and O–H groups in total. The van der Waals surface area contributed by atoms with Crippen molar-refractivity contribution in [3.05, 3.63) is 29.0 Å². The van der Waals surface area contributed by atoms with Crippen LogP contribution in [0.15, 0.2) is 18.3 Å². The number of amides is 1. The van der Waals surface area contributed by atoms with Gasteiger partial charge >= 0.3 is 6.18 Å². The number of hydrogen-bond acceptors (Lipinski definition) is 3. The van der Waals surface area contributed by atoms with Crippen molar-refractivity contribution in [3.63, 3.8) is 0 Å². The van der Waals surface area contributed by atoms with Gasteiger partial charge in [-0.2, -0.15) is 13.2 Å². The van der Waals surface area contributed by atoms with Gasteiger partial charge in [-0.15, -0.1) is 0 Å². The molecule has 1 saturated heterocycles. The van der Waals surface area contributed by atoms with Gasteiger partial charge in [0.05, 0.1) is 6.54 Å². The van der Waals surface area contributed by atoms with E-state index >= 15 is 0 Å². The number of rotatable bonds is 1. The smallest absolute Gasteiger partial charge is 0.379 e. The summed E-state index contributed by atoms with van der Waals surface area (Å²) in [5.41, 5.74) is -2.89. The highest BCUT2D eigenvalue weighted by atomic mass is 35.5. The van der Waals surface area contributed by atoms with Crippen LogP contribution < -0.4 is 0 Å². The van der Waals surface area contributed by atoms with Gasteiger partial charge in [0.2, 0.25) is 0 Å². The van der Waals surface area contributed by atoms with Crippen LogP contribution in [0.5, 0.6) is 0 Å². The molecule has 19 heavy (non-hydrogen) atoms. The van der Waals surface area contributed by atoms with Crippen molar-refractivity contribution >= 4 is 17.5 Å². The fourth-order valence-corrected chi connectivity index (χ4v) is 2.04. The van der Waals surface area contributed by atoms with Crippen LogP contribution in [0.3, 0.4) is 0 Å². The summed E-state index contributed by atoms with van der Waals surface area (Å²) in [6, 6.07) is 2.73. The lowest BCUT2D eigenvalue weighted by Gasteiger charge is -2.25. The summed E-state index contributed by atoms with van der Waals surface area (Å²) in [7, 11) is 0. The highest BCUT2D eigenvalue weighted by Crippen LogP contribution is 2.37. The zero-order valence-corrected chi connectivity index (χ0v) is 10.4. The van der Waals surface area contributed by atoms with E-state index in [2.05, 4.69) is 4.98 Å². The number of aromatic nitrogens is 1. The first-order valence-corrected chi connectivity index (χ1v) is 5.81. The first-order valence-electron chi connectivity index (χ1n) is 5.43. The lowest BCUT2D eigenvalue weighted by atomic mass is 10.0. The second-order valence-corrected chi connectivity index (χ2v) is 4.80. The zero-order chi connectivity index (χ0) is 14.3. The average molecular weight is 295 g/mol. The van der Waals surface area contributed by atoms with E-state index in [1.165, 1.54) is 18.3 Å². The van der Waals surface area contributed by atoms with Crippen LogP contribution in [-0.4, -0.2) is 45.8 Å². The molecular formula is C11H10ClF3N2O2. The first-order chi connectivity index (χ1) is 8.73. The summed E-state index contributed by atoms with van der Waals surface area (Å²) < 4.78 is 37.9. The summed E-state index contributed by atoms with van der Waals surface area (Å²) in [5, 5.41) is 9.75. The molecule has 1 unspecified atom stereocenters. The highest BCUT2D eigenvalue weighted by molar-refractivity contribution is 6.30. The van der Waals surface area contributed by atoms with Gasteiger partial charge in [-0.3, -0.25) is 9.78 Å². The van der Waals surface area contributed by atoms with Crippen molar-refractivity contribution in [2.24, 2.45) is 0 Å². The van der Waals surface area contributed by atoms with Crippen LogP contribution in [0, 0.1) is 0 Å². The number of β-amino-alcohol motifs (C(OH)–C–C–N with tert-alkyl or cyclic N) is 1. The number of carbonyl (C=O) groups excluding carboxylic acids is 1. The van der Waals surface area contributed by atoms with Gasteiger partial charge in [0, 0.05) is 24.2 Å². The van der Waals surface area contributed by atoms with E-state index in [4.69, 9.17) is 11.6 Å². The van der Waals surface area contributed by atoms with Crippen molar-refractivity contribution in [1.29, 1.82) is 0 Å². The Morgan fingerprint density at radius 2 is 2.21 bits per heavy atom. The molecule has 0 aromatic carbocycles. The molecule has 2 rings (SSSR count). The maximum atomic E-state index is 12.6. The number of carbonyl (C=O) groups is 1. The molecule has 2 heterocycles. The van der Waals surface area contributed by atoms with E-state index in [1.807, 2.05) is 0 Å². The minimum absolute atomic E-state index is 0.0427. The van der Waals surface area contributed by atoms with Gasteiger partial charge in [0.1, 0.15) is 5.69 Å². The maximum absolute atomic E-state index is 12.6. The minimum Gasteiger partial charge on any atom is -0.379 e. The normalized spacial score (nSPS) is 23.7. The van der Waals surface area contributed by atoms with Gasteiger partial charge < -0.3 is 10.0 Å². The molecule has 0 aliphatic carbocycles. The van der Waals surface area contributed by atoms with E-state index in [1.54, 1.807) is 0 Å². The SMILES string of the molecule is O=C(c1cc(Cl)ccn1)N1CCC(O)(C(F)(F)F)C1. The van der Waals surface area contributed by atoms with Crippen molar-refractivity contribution in [2.45, 2.75) is 18.2 Å². The molecular weight excluding hydrogens is 285 g/mol. The summed E-state index contributed by atoms with van der Waals surface area (Å²) in [6.45, 7) is -0.966. The van der Waals surface area contributed by atoms with Crippen molar-refractivity contribution in [3.8, 4) is 0 Å². The molecule has 1 aliphatic rings. The monoisotopic (exact) mass is 294 g/mol. The van der Waals surface area contributed by atoms with Crippen molar-refractivity contribution < 1.29 is 23.1 Å². The average Bonchev–Trinajstić information content (AvgIpc) is 2.72. The molecule has 1 aromatic rings. The predicted molar refractivity (Wildman–Crippen MR) is 60.8 cm³/mol. The third-order valence-corrected chi connectivity index (χ3v) is 3.24. The Bertz CT molecular complexity index is 509. The van der Waals surface area contributed by atoms with Gasteiger partial charge in [-0.25, -0.2) is 0 Å². The molecule has 0 spiro atoms. The lowest BCUT2D eigenvalue weighted by molar-refractivity contribution is -0.253. The van der Waals surface area contributed by atoms with Crippen LogP contribution in [0.2, 0.25) is 5.02 Å². The molecule has 1 aromatic heterocycles. The summed E-state index contributed by atoms with van der Waals surface area (Å²) in [6.07, 6.45) is -4.01. The Hall–Kier alpha value is -1.34. The lowest BCUT2D eigenvalue weighted by Crippen LogP contribution is -2.48. The molecule has 0 saturated carbocycles. The highest BCUT2D eigenvalue weighted by Gasteiger charge is 2.57. The van der Waals surface area contributed by atoms with Crippen LogP contribution in [0.1, 0.15) is 16.9 Å². The summed E-state index contributed by atoms with van der Waals surface area (Å²) in [4.78, 5) is 16.6. The number of pyridine rings is 1. The van der Waals surface area contributed by atoms with Gasteiger partial charge in [-0.1, -0.05) is 11.6 Å². The number of likely N-dealkylation sites (tertiary alicyclic amines) is 1. The summed E-state index contributed by atoms with van der Waals surface area (Å²) >= 11 is 5.68. The molecule has 0 bridgehead atoms. The third kappa shape index (κ3) is 2.66. The molecule has 4 nitrogen and oxygen atoms in total. The van der Waals surface area contributed by atoms with Crippen LogP contribution >= 0.6 is 11.6 Å². The molecule has 1 aliphatic heterocycles. The largest absolute Gasteiger partial charge is 0.419 e. The Morgan fingerprint density at radius 1 is 1.53 bits per heavy atom. The minimum atomic E-state index is -4.76. The fraction of sp³-hybridized carbons (Fsp3) is 0.455. The summed E-state index contributed by atoms with van der Waals surface area (Å²) in [5.74, 6) is -0.678. The number of halogens is 4. The number of alkyl halides is 3. The van der Waals surface area contributed by atoms with Crippen LogP contribution in [0.4, 0.5) is 13.2 Å². The Kier molecular flexibility index (Phi) is 3.44. The zero-order valence-electron chi connectivity index (χ0n) is 9.62. The standard InChI is InChI=1S/C11H10ClF3N2O2/c12-7-1-3-16-8(5-7)9(18)17-4-2-10(19,6-17)11(13,14)15/h1,3,5,19H,2,4,6H2. The molecule has 104 valence electrons. The Balaban J connectivity index is 2.16. The number of hydrogen-bond donors (Lipinski definition) is 1. The maximum Gasteiger partial charge on any atom is 0.419 e. The third-order valence-electron chi connectivity index (χ3n) is 3.00. The Labute approximate surface area is 111 Å².